The van der Waals surface area contributed by atoms with Crippen molar-refractivity contribution in [2.75, 3.05) is 0 Å². The third-order valence-corrected chi connectivity index (χ3v) is 3.44. The fourth-order valence-electron chi connectivity index (χ4n) is 2.48. The van der Waals surface area contributed by atoms with Crippen LogP contribution in [0.1, 0.15) is 11.1 Å². The van der Waals surface area contributed by atoms with Crippen molar-refractivity contribution in [1.82, 2.24) is 4.98 Å². The van der Waals surface area contributed by atoms with Gasteiger partial charge in [0.05, 0.1) is 17.6 Å². The average Bonchev–Trinajstić information content (AvgIpc) is 2.47. The van der Waals surface area contributed by atoms with Crippen LogP contribution >= 0.6 is 0 Å². The van der Waals surface area contributed by atoms with Crippen molar-refractivity contribution < 1.29 is 9.90 Å². The minimum Gasteiger partial charge on any atom is -0.481 e. The monoisotopic (exact) mass is 277 g/mol. The Morgan fingerprint density at radius 3 is 2.57 bits per heavy atom. The van der Waals surface area contributed by atoms with Gasteiger partial charge in [-0.25, -0.2) is 4.98 Å². The van der Waals surface area contributed by atoms with E-state index in [4.69, 9.17) is 5.11 Å². The summed E-state index contributed by atoms with van der Waals surface area (Å²) in [6, 6.07) is 17.7. The van der Waals surface area contributed by atoms with Gasteiger partial charge in [0.2, 0.25) is 0 Å². The largest absolute Gasteiger partial charge is 0.481 e. The second-order valence-electron chi connectivity index (χ2n) is 5.13. The molecule has 0 aliphatic rings. The molecule has 1 aromatic heterocycles. The van der Waals surface area contributed by atoms with Crippen LogP contribution in [0.4, 0.5) is 0 Å². The number of pyridine rings is 1. The quantitative estimate of drug-likeness (QED) is 0.791. The summed E-state index contributed by atoms with van der Waals surface area (Å²) in [7, 11) is 0. The first-order valence-electron chi connectivity index (χ1n) is 6.81. The highest BCUT2D eigenvalue weighted by molar-refractivity contribution is 5.86. The van der Waals surface area contributed by atoms with Crippen LogP contribution in [0.2, 0.25) is 0 Å². The minimum absolute atomic E-state index is 0.0267. The Labute approximate surface area is 122 Å². The highest BCUT2D eigenvalue weighted by atomic mass is 16.4. The number of nitrogens with zero attached hydrogens (tertiary/aromatic N) is 1. The lowest BCUT2D eigenvalue weighted by Gasteiger charge is -2.10. The normalized spacial score (nSPS) is 10.7. The zero-order valence-corrected chi connectivity index (χ0v) is 11.7. The van der Waals surface area contributed by atoms with Crippen LogP contribution in [-0.4, -0.2) is 16.1 Å². The van der Waals surface area contributed by atoms with Crippen molar-refractivity contribution in [2.45, 2.75) is 13.3 Å². The average molecular weight is 277 g/mol. The van der Waals surface area contributed by atoms with Crippen LogP contribution in [0.25, 0.3) is 22.2 Å². The number of benzene rings is 2. The molecular formula is C18H15NO2. The first kappa shape index (κ1) is 13.3. The Kier molecular flexibility index (Phi) is 3.40. The predicted molar refractivity (Wildman–Crippen MR) is 83.3 cm³/mol. The molecule has 0 fully saturated rings. The summed E-state index contributed by atoms with van der Waals surface area (Å²) >= 11 is 0. The fourth-order valence-corrected chi connectivity index (χ4v) is 2.48. The van der Waals surface area contributed by atoms with Crippen LogP contribution in [0.15, 0.2) is 54.6 Å². The van der Waals surface area contributed by atoms with Crippen LogP contribution in [0, 0.1) is 6.92 Å². The molecule has 2 aromatic carbocycles. The molecule has 1 heterocycles. The lowest BCUT2D eigenvalue weighted by molar-refractivity contribution is -0.136. The lowest BCUT2D eigenvalue weighted by atomic mass is 10.0. The highest BCUT2D eigenvalue weighted by Gasteiger charge is 2.12. The molecule has 0 spiro atoms. The summed E-state index contributed by atoms with van der Waals surface area (Å²) in [6.07, 6.45) is -0.0267. The number of hydrogen-bond donors (Lipinski definition) is 1. The maximum absolute atomic E-state index is 11.1. The van der Waals surface area contributed by atoms with Gasteiger partial charge in [-0.3, -0.25) is 4.79 Å². The Morgan fingerprint density at radius 2 is 1.86 bits per heavy atom. The lowest BCUT2D eigenvalue weighted by Crippen LogP contribution is -2.03. The van der Waals surface area contributed by atoms with Crippen LogP contribution in [-0.2, 0) is 11.2 Å². The number of rotatable bonds is 3. The molecule has 0 aliphatic carbocycles. The molecule has 1 N–H and O–H groups in total. The summed E-state index contributed by atoms with van der Waals surface area (Å²) < 4.78 is 0. The van der Waals surface area contributed by atoms with E-state index < -0.39 is 5.97 Å². The highest BCUT2D eigenvalue weighted by Crippen LogP contribution is 2.26. The molecule has 0 saturated heterocycles. The molecule has 3 nitrogen and oxygen atoms in total. The van der Waals surface area contributed by atoms with Gasteiger partial charge in [0.25, 0.3) is 0 Å². The standard InChI is InChI=1S/C18H15NO2/c1-12-7-8-16-14(9-12)10-15(11-17(20)21)18(19-16)13-5-3-2-4-6-13/h2-10H,11H2,1H3,(H,20,21). The Balaban J connectivity index is 2.25. The van der Waals surface area contributed by atoms with E-state index in [-0.39, 0.29) is 6.42 Å². The molecule has 0 radical (unpaired) electrons. The van der Waals surface area contributed by atoms with E-state index in [2.05, 4.69) is 4.98 Å². The number of aromatic nitrogens is 1. The smallest absolute Gasteiger partial charge is 0.307 e. The number of aryl methyl sites for hydroxylation is 1. The molecule has 0 saturated carbocycles. The van der Waals surface area contributed by atoms with Crippen LogP contribution in [0.5, 0.6) is 0 Å². The molecule has 21 heavy (non-hydrogen) atoms. The van der Waals surface area contributed by atoms with E-state index in [1.165, 1.54) is 0 Å². The maximum atomic E-state index is 11.1. The molecule has 0 unspecified atom stereocenters. The molecule has 0 atom stereocenters. The van der Waals surface area contributed by atoms with Gasteiger partial charge in [0.1, 0.15) is 0 Å². The summed E-state index contributed by atoms with van der Waals surface area (Å²) in [5.74, 6) is -0.846. The second kappa shape index (κ2) is 5.37. The zero-order chi connectivity index (χ0) is 14.8. The fraction of sp³-hybridized carbons (Fsp3) is 0.111. The predicted octanol–water partition coefficient (Wildman–Crippen LogP) is 3.84. The molecular weight excluding hydrogens is 262 g/mol. The molecule has 0 aliphatic heterocycles. The van der Waals surface area contributed by atoms with Gasteiger partial charge in [-0.15, -0.1) is 0 Å². The van der Waals surface area contributed by atoms with E-state index in [0.717, 1.165) is 33.3 Å². The number of carbonyl (C=O) groups is 1. The third-order valence-electron chi connectivity index (χ3n) is 3.44. The van der Waals surface area contributed by atoms with Crippen molar-refractivity contribution in [1.29, 1.82) is 0 Å². The Morgan fingerprint density at radius 1 is 1.10 bits per heavy atom. The Hall–Kier alpha value is -2.68. The maximum Gasteiger partial charge on any atom is 0.307 e. The van der Waals surface area contributed by atoms with Crippen molar-refractivity contribution in [2.24, 2.45) is 0 Å². The van der Waals surface area contributed by atoms with Gasteiger partial charge in [0.15, 0.2) is 0 Å². The van der Waals surface area contributed by atoms with Crippen molar-refractivity contribution in [3.8, 4) is 11.3 Å². The number of aliphatic carboxylic acids is 1. The first-order valence-corrected chi connectivity index (χ1v) is 6.81. The van der Waals surface area contributed by atoms with E-state index in [1.54, 1.807) is 0 Å². The van der Waals surface area contributed by atoms with Gasteiger partial charge >= 0.3 is 5.97 Å². The van der Waals surface area contributed by atoms with Crippen LogP contribution < -0.4 is 0 Å². The molecule has 3 rings (SSSR count). The van der Waals surface area contributed by atoms with E-state index in [0.29, 0.717) is 0 Å². The number of fused-ring (bicyclic) bond motifs is 1. The first-order chi connectivity index (χ1) is 10.1. The molecule has 3 aromatic rings. The molecule has 104 valence electrons. The number of hydrogen-bond acceptors (Lipinski definition) is 2. The van der Waals surface area contributed by atoms with Crippen molar-refractivity contribution in [3.05, 3.63) is 65.7 Å². The SMILES string of the molecule is Cc1ccc2nc(-c3ccccc3)c(CC(=O)O)cc2c1. The van der Waals surface area contributed by atoms with Crippen LogP contribution in [0.3, 0.4) is 0 Å². The van der Waals surface area contributed by atoms with Crippen molar-refractivity contribution in [3.63, 3.8) is 0 Å². The summed E-state index contributed by atoms with van der Waals surface area (Å²) in [4.78, 5) is 15.8. The minimum atomic E-state index is -0.846. The van der Waals surface area contributed by atoms with Gasteiger partial charge in [-0.1, -0.05) is 42.0 Å². The van der Waals surface area contributed by atoms with Gasteiger partial charge < -0.3 is 5.11 Å². The van der Waals surface area contributed by atoms with E-state index in [1.807, 2.05) is 61.5 Å². The number of carboxylic acid groups (broad SMARTS) is 1. The van der Waals surface area contributed by atoms with Gasteiger partial charge in [0, 0.05) is 10.9 Å². The Bertz CT molecular complexity index is 810. The van der Waals surface area contributed by atoms with Gasteiger partial charge in [-0.2, -0.15) is 0 Å². The van der Waals surface area contributed by atoms with E-state index in [9.17, 15) is 4.79 Å². The van der Waals surface area contributed by atoms with E-state index >= 15 is 0 Å². The molecule has 0 bridgehead atoms. The third kappa shape index (κ3) is 2.77. The molecule has 0 amide bonds. The van der Waals surface area contributed by atoms with Gasteiger partial charge in [-0.05, 0) is 30.7 Å². The second-order valence-corrected chi connectivity index (χ2v) is 5.13. The topological polar surface area (TPSA) is 50.2 Å². The van der Waals surface area contributed by atoms with Crippen molar-refractivity contribution >= 4 is 16.9 Å². The number of carboxylic acids is 1. The zero-order valence-electron chi connectivity index (χ0n) is 11.7. The summed E-state index contributed by atoms with van der Waals surface area (Å²) in [6.45, 7) is 2.02. The molecule has 3 heteroatoms. The summed E-state index contributed by atoms with van der Waals surface area (Å²) in [5.41, 5.74) is 4.45. The summed E-state index contributed by atoms with van der Waals surface area (Å²) in [5, 5.41) is 10.1.